The zero-order chi connectivity index (χ0) is 33.4. The molecule has 48 heavy (non-hydrogen) atoms. The van der Waals surface area contributed by atoms with Crippen LogP contribution >= 0.6 is 0 Å². The van der Waals surface area contributed by atoms with Crippen LogP contribution in [-0.4, -0.2) is 65.6 Å². The summed E-state index contributed by atoms with van der Waals surface area (Å²) in [6.07, 6.45) is -2.20. The molecule has 11 nitrogen and oxygen atoms in total. The van der Waals surface area contributed by atoms with E-state index in [1.165, 1.54) is 18.2 Å². The van der Waals surface area contributed by atoms with Gasteiger partial charge < -0.3 is 19.0 Å². The van der Waals surface area contributed by atoms with E-state index in [2.05, 4.69) is 30.3 Å². The Bertz CT molecular complexity index is 1990. The van der Waals surface area contributed by atoms with Crippen LogP contribution in [0.4, 0.5) is 22.0 Å². The summed E-state index contributed by atoms with van der Waals surface area (Å²) < 4.78 is 81.3. The van der Waals surface area contributed by atoms with E-state index in [0.29, 0.717) is 30.9 Å². The average molecular weight is 666 g/mol. The minimum Gasteiger partial charge on any atom is -0.486 e. The molecule has 0 saturated carbocycles. The molecule has 3 aromatic heterocycles. The topological polar surface area (TPSA) is 131 Å². The fourth-order valence-electron chi connectivity index (χ4n) is 5.94. The minimum absolute atomic E-state index is 0.000255. The molecule has 0 amide bonds. The number of imidazole rings is 1. The molecule has 1 N–H and O–H groups in total. The fraction of sp³-hybridized carbons (Fsp3) is 0.375. The minimum atomic E-state index is -4.67. The number of likely N-dealkylation sites (tertiary alicyclic amines) is 1. The SMILES string of the molecule is N#Cc1ccc(COc2cc(C3CCN(Cc4nc5cc(-c6nnc(C(F)(F)F)[nH]6)nnc5n4C[C@@H]4CCO4)CC3)ccc2F)c(F)c1. The molecule has 16 heteroatoms. The summed E-state index contributed by atoms with van der Waals surface area (Å²) in [5.74, 6) is -1.61. The summed E-state index contributed by atoms with van der Waals surface area (Å²) in [5.41, 5.74) is 2.38. The normalized spacial score (nSPS) is 17.4. The van der Waals surface area contributed by atoms with E-state index < -0.39 is 23.6 Å². The van der Waals surface area contributed by atoms with Crippen LogP contribution in [0.15, 0.2) is 42.5 Å². The van der Waals surface area contributed by atoms with Crippen LogP contribution in [0.3, 0.4) is 0 Å². The van der Waals surface area contributed by atoms with Gasteiger partial charge in [-0.05, 0) is 74.2 Å². The van der Waals surface area contributed by atoms with Gasteiger partial charge in [0.2, 0.25) is 5.82 Å². The largest absolute Gasteiger partial charge is 0.486 e. The van der Waals surface area contributed by atoms with Gasteiger partial charge >= 0.3 is 6.18 Å². The van der Waals surface area contributed by atoms with Crippen LogP contribution in [0.1, 0.15) is 53.5 Å². The second-order valence-corrected chi connectivity index (χ2v) is 11.8. The van der Waals surface area contributed by atoms with Crippen molar-refractivity contribution in [1.29, 1.82) is 5.26 Å². The van der Waals surface area contributed by atoms with E-state index in [-0.39, 0.29) is 47.0 Å². The van der Waals surface area contributed by atoms with E-state index in [1.807, 2.05) is 10.6 Å². The Labute approximate surface area is 270 Å². The predicted molar refractivity (Wildman–Crippen MR) is 159 cm³/mol. The number of halogens is 5. The molecule has 2 aromatic carbocycles. The van der Waals surface area contributed by atoms with Crippen molar-refractivity contribution in [3.05, 3.63) is 82.4 Å². The summed E-state index contributed by atoms with van der Waals surface area (Å²) in [5, 5.41) is 24.1. The van der Waals surface area contributed by atoms with E-state index in [1.54, 1.807) is 18.2 Å². The van der Waals surface area contributed by atoms with Crippen LogP contribution in [-0.2, 0) is 30.6 Å². The molecular formula is C32H28F5N9O2. The lowest BCUT2D eigenvalue weighted by Gasteiger charge is -2.32. The van der Waals surface area contributed by atoms with Crippen molar-refractivity contribution >= 4 is 11.2 Å². The maximum absolute atomic E-state index is 14.6. The monoisotopic (exact) mass is 665 g/mol. The molecule has 2 saturated heterocycles. The highest BCUT2D eigenvalue weighted by atomic mass is 19.4. The van der Waals surface area contributed by atoms with Gasteiger partial charge in [0.15, 0.2) is 23.0 Å². The smallest absolute Gasteiger partial charge is 0.451 e. The molecule has 5 heterocycles. The van der Waals surface area contributed by atoms with Crippen molar-refractivity contribution in [3.63, 3.8) is 0 Å². The molecule has 2 aliphatic heterocycles. The first-order valence-electron chi connectivity index (χ1n) is 15.3. The van der Waals surface area contributed by atoms with Crippen LogP contribution in [0, 0.1) is 23.0 Å². The van der Waals surface area contributed by atoms with E-state index in [9.17, 15) is 22.0 Å². The first kappa shape index (κ1) is 31.6. The third-order valence-corrected chi connectivity index (χ3v) is 8.69. The van der Waals surface area contributed by atoms with Gasteiger partial charge in [-0.15, -0.1) is 20.4 Å². The number of nitriles is 1. The molecule has 0 unspecified atom stereocenters. The summed E-state index contributed by atoms with van der Waals surface area (Å²) >= 11 is 0. The Morgan fingerprint density at radius 3 is 2.48 bits per heavy atom. The number of aromatic nitrogens is 7. The highest BCUT2D eigenvalue weighted by molar-refractivity contribution is 5.75. The Kier molecular flexibility index (Phi) is 8.48. The van der Waals surface area contributed by atoms with Gasteiger partial charge in [-0.3, -0.25) is 4.90 Å². The number of ether oxygens (including phenoxy) is 2. The van der Waals surface area contributed by atoms with Gasteiger partial charge in [-0.2, -0.15) is 18.4 Å². The van der Waals surface area contributed by atoms with Gasteiger partial charge in [-0.1, -0.05) is 12.1 Å². The zero-order valence-electron chi connectivity index (χ0n) is 25.3. The molecule has 7 rings (SSSR count). The Morgan fingerprint density at radius 1 is 0.979 bits per heavy atom. The van der Waals surface area contributed by atoms with Gasteiger partial charge in [0.05, 0.1) is 30.8 Å². The first-order chi connectivity index (χ1) is 23.1. The predicted octanol–water partition coefficient (Wildman–Crippen LogP) is 5.53. The molecule has 2 aliphatic rings. The van der Waals surface area contributed by atoms with Gasteiger partial charge in [0.25, 0.3) is 0 Å². The van der Waals surface area contributed by atoms with Gasteiger partial charge in [-0.25, -0.2) is 13.8 Å². The number of piperidine rings is 1. The summed E-state index contributed by atoms with van der Waals surface area (Å²) in [4.78, 5) is 9.20. The second-order valence-electron chi connectivity index (χ2n) is 11.8. The van der Waals surface area contributed by atoms with Crippen molar-refractivity contribution in [3.8, 4) is 23.3 Å². The second kappa shape index (κ2) is 12.9. The van der Waals surface area contributed by atoms with Crippen LogP contribution in [0.2, 0.25) is 0 Å². The van der Waals surface area contributed by atoms with E-state index in [4.69, 9.17) is 19.7 Å². The number of hydrogen-bond donors (Lipinski definition) is 1. The summed E-state index contributed by atoms with van der Waals surface area (Å²) in [6, 6.07) is 12.2. The highest BCUT2D eigenvalue weighted by Crippen LogP contribution is 2.33. The lowest BCUT2D eigenvalue weighted by Crippen LogP contribution is -2.35. The summed E-state index contributed by atoms with van der Waals surface area (Å²) in [6.45, 7) is 2.97. The number of rotatable bonds is 9. The number of fused-ring (bicyclic) bond motifs is 1. The highest BCUT2D eigenvalue weighted by Gasteiger charge is 2.36. The number of hydrogen-bond acceptors (Lipinski definition) is 9. The quantitative estimate of drug-likeness (QED) is 0.202. The number of alkyl halides is 3. The molecule has 0 bridgehead atoms. The maximum Gasteiger partial charge on any atom is 0.451 e. The number of aromatic amines is 1. The number of benzene rings is 2. The summed E-state index contributed by atoms with van der Waals surface area (Å²) in [7, 11) is 0. The molecule has 5 aromatic rings. The molecule has 248 valence electrons. The van der Waals surface area contributed by atoms with E-state index in [0.717, 1.165) is 49.8 Å². The average Bonchev–Trinajstić information content (AvgIpc) is 3.68. The van der Waals surface area contributed by atoms with Gasteiger partial charge in [0.1, 0.15) is 29.5 Å². The molecule has 2 fully saturated rings. The standard InChI is InChI=1S/C32H28F5N9O2/c33-23-4-3-20(12-27(23)48-17-21-2-1-18(14-38)11-24(21)34)19-5-8-45(9-6-19)16-28-39-26-13-25(29-40-31(44-42-29)32(35,36)37)41-43-30(26)46(28)15-22-7-10-47-22/h1-4,11-13,19,22H,5-10,15-17H2,(H,40,42,44)/t22-/m0/s1. The van der Waals surface area contributed by atoms with E-state index >= 15 is 0 Å². The molecular weight excluding hydrogens is 637 g/mol. The van der Waals surface area contributed by atoms with Crippen LogP contribution < -0.4 is 4.74 Å². The number of nitrogens with one attached hydrogen (secondary N) is 1. The van der Waals surface area contributed by atoms with Crippen molar-refractivity contribution in [1.82, 2.24) is 39.8 Å². The maximum atomic E-state index is 14.6. The van der Waals surface area contributed by atoms with Gasteiger partial charge in [0, 0.05) is 12.2 Å². The lowest BCUT2D eigenvalue weighted by molar-refractivity contribution is -0.144. The van der Waals surface area contributed by atoms with Crippen molar-refractivity contribution in [2.75, 3.05) is 19.7 Å². The first-order valence-corrected chi connectivity index (χ1v) is 15.3. The molecule has 0 aliphatic carbocycles. The van der Waals surface area contributed by atoms with Crippen LogP contribution in [0.5, 0.6) is 5.75 Å². The Morgan fingerprint density at radius 2 is 1.79 bits per heavy atom. The van der Waals surface area contributed by atoms with Crippen molar-refractivity contribution in [2.45, 2.75) is 57.2 Å². The fourth-order valence-corrected chi connectivity index (χ4v) is 5.94. The van der Waals surface area contributed by atoms with Crippen molar-refractivity contribution in [2.24, 2.45) is 0 Å². The zero-order valence-corrected chi connectivity index (χ0v) is 25.3. The third-order valence-electron chi connectivity index (χ3n) is 8.69. The molecule has 1 atom stereocenters. The molecule has 0 spiro atoms. The Balaban J connectivity index is 1.04. The lowest BCUT2D eigenvalue weighted by atomic mass is 9.89. The third kappa shape index (κ3) is 6.56. The number of nitrogens with zero attached hydrogens (tertiary/aromatic N) is 8. The Hall–Kier alpha value is -5.01. The van der Waals surface area contributed by atoms with Crippen molar-refractivity contribution < 1.29 is 31.4 Å². The number of H-pyrrole nitrogens is 1. The molecule has 0 radical (unpaired) electrons. The van der Waals surface area contributed by atoms with Crippen LogP contribution in [0.25, 0.3) is 22.7 Å².